The van der Waals surface area contributed by atoms with Crippen LogP contribution in [-0.2, 0) is 11.2 Å². The van der Waals surface area contributed by atoms with Crippen LogP contribution in [0.3, 0.4) is 0 Å². The van der Waals surface area contributed by atoms with Crippen molar-refractivity contribution in [3.8, 4) is 0 Å². The van der Waals surface area contributed by atoms with Gasteiger partial charge in [0.15, 0.2) is 0 Å². The monoisotopic (exact) mass is 295 g/mol. The van der Waals surface area contributed by atoms with Crippen molar-refractivity contribution in [2.45, 2.75) is 57.9 Å². The van der Waals surface area contributed by atoms with Crippen LogP contribution < -0.4 is 10.6 Å². The second-order valence-electron chi connectivity index (χ2n) is 5.54. The fourth-order valence-electron chi connectivity index (χ4n) is 2.64. The van der Waals surface area contributed by atoms with Gasteiger partial charge in [0, 0.05) is 24.4 Å². The summed E-state index contributed by atoms with van der Waals surface area (Å²) >= 11 is 1.68. The van der Waals surface area contributed by atoms with Gasteiger partial charge < -0.3 is 10.6 Å². The van der Waals surface area contributed by atoms with Crippen LogP contribution in [-0.4, -0.2) is 30.0 Å². The van der Waals surface area contributed by atoms with Gasteiger partial charge in [-0.1, -0.05) is 25.7 Å². The van der Waals surface area contributed by atoms with Crippen molar-refractivity contribution in [3.05, 3.63) is 16.1 Å². The van der Waals surface area contributed by atoms with Crippen molar-refractivity contribution < 1.29 is 4.79 Å². The van der Waals surface area contributed by atoms with Gasteiger partial charge in [-0.2, -0.15) is 0 Å². The highest BCUT2D eigenvalue weighted by Crippen LogP contribution is 2.16. The van der Waals surface area contributed by atoms with E-state index in [1.165, 1.54) is 25.7 Å². The number of aryl methyl sites for hydroxylation is 1. The Balaban J connectivity index is 1.57. The number of amides is 1. The number of rotatable bonds is 6. The first kappa shape index (κ1) is 15.4. The second-order valence-corrected chi connectivity index (χ2v) is 6.60. The third-order valence-electron chi connectivity index (χ3n) is 3.73. The van der Waals surface area contributed by atoms with Crippen LogP contribution in [0.15, 0.2) is 5.38 Å². The van der Waals surface area contributed by atoms with Crippen molar-refractivity contribution in [1.29, 1.82) is 0 Å². The van der Waals surface area contributed by atoms with Crippen LogP contribution in [0, 0.1) is 6.92 Å². The molecule has 1 heterocycles. The molecule has 1 aromatic heterocycles. The van der Waals surface area contributed by atoms with Crippen LogP contribution in [0.5, 0.6) is 0 Å². The van der Waals surface area contributed by atoms with Gasteiger partial charge in [-0.3, -0.25) is 4.79 Å². The molecule has 0 aliphatic heterocycles. The Hall–Kier alpha value is -0.940. The number of thiazole rings is 1. The Morgan fingerprint density at radius 2 is 2.10 bits per heavy atom. The Kier molecular flexibility index (Phi) is 6.47. The van der Waals surface area contributed by atoms with Gasteiger partial charge in [0.1, 0.15) is 0 Å². The van der Waals surface area contributed by atoms with Gasteiger partial charge in [0.2, 0.25) is 5.91 Å². The van der Waals surface area contributed by atoms with Gasteiger partial charge in [-0.15, -0.1) is 11.3 Å². The smallest absolute Gasteiger partial charge is 0.234 e. The summed E-state index contributed by atoms with van der Waals surface area (Å²) in [5, 5.41) is 9.54. The molecule has 1 saturated carbocycles. The van der Waals surface area contributed by atoms with Crippen LogP contribution in [0.2, 0.25) is 0 Å². The minimum absolute atomic E-state index is 0.131. The molecule has 1 aliphatic rings. The molecule has 0 saturated heterocycles. The number of nitrogens with zero attached hydrogens (tertiary/aromatic N) is 1. The number of carbonyl (C=O) groups is 1. The number of carbonyl (C=O) groups excluding carboxylic acids is 1. The molecule has 0 atom stereocenters. The summed E-state index contributed by atoms with van der Waals surface area (Å²) in [7, 11) is 0. The number of nitrogens with one attached hydrogen (secondary N) is 2. The lowest BCUT2D eigenvalue weighted by Gasteiger charge is -2.16. The molecule has 1 aromatic rings. The van der Waals surface area contributed by atoms with E-state index in [4.69, 9.17) is 0 Å². The SMILES string of the molecule is Cc1nc(CCNCC(=O)NC2CCCCCC2)cs1. The number of hydrogen-bond acceptors (Lipinski definition) is 4. The molecule has 112 valence electrons. The van der Waals surface area contributed by atoms with Gasteiger partial charge in [-0.05, 0) is 19.8 Å². The Labute approximate surface area is 125 Å². The summed E-state index contributed by atoms with van der Waals surface area (Å²) in [5.74, 6) is 0.131. The molecule has 20 heavy (non-hydrogen) atoms. The molecule has 4 nitrogen and oxygen atoms in total. The van der Waals surface area contributed by atoms with E-state index in [-0.39, 0.29) is 5.91 Å². The van der Waals surface area contributed by atoms with Gasteiger partial charge in [0.25, 0.3) is 0 Å². The maximum Gasteiger partial charge on any atom is 0.234 e. The molecule has 0 radical (unpaired) electrons. The Bertz CT molecular complexity index is 411. The van der Waals surface area contributed by atoms with E-state index >= 15 is 0 Å². The first-order chi connectivity index (χ1) is 9.74. The summed E-state index contributed by atoms with van der Waals surface area (Å²) in [5.41, 5.74) is 1.11. The van der Waals surface area contributed by atoms with E-state index in [0.717, 1.165) is 36.5 Å². The average Bonchev–Trinajstić information content (AvgIpc) is 2.68. The molecule has 0 aromatic carbocycles. The molecule has 5 heteroatoms. The zero-order chi connectivity index (χ0) is 14.2. The summed E-state index contributed by atoms with van der Waals surface area (Å²) in [6, 6.07) is 0.396. The predicted octanol–water partition coefficient (Wildman–Crippen LogP) is 2.42. The minimum atomic E-state index is 0.131. The summed E-state index contributed by atoms with van der Waals surface area (Å²) < 4.78 is 0. The lowest BCUT2D eigenvalue weighted by Crippen LogP contribution is -2.40. The maximum atomic E-state index is 11.9. The minimum Gasteiger partial charge on any atom is -0.352 e. The lowest BCUT2D eigenvalue weighted by atomic mass is 10.1. The zero-order valence-electron chi connectivity index (χ0n) is 12.3. The van der Waals surface area contributed by atoms with Crippen LogP contribution in [0.1, 0.15) is 49.2 Å². The molecule has 0 unspecified atom stereocenters. The molecule has 2 N–H and O–H groups in total. The van der Waals surface area contributed by atoms with Crippen LogP contribution >= 0.6 is 11.3 Å². The van der Waals surface area contributed by atoms with E-state index < -0.39 is 0 Å². The first-order valence-corrected chi connectivity index (χ1v) is 8.53. The fraction of sp³-hybridized carbons (Fsp3) is 0.733. The van der Waals surface area contributed by atoms with Crippen molar-refractivity contribution in [1.82, 2.24) is 15.6 Å². The molecule has 2 rings (SSSR count). The highest BCUT2D eigenvalue weighted by molar-refractivity contribution is 7.09. The van der Waals surface area contributed by atoms with E-state index in [1.807, 2.05) is 6.92 Å². The van der Waals surface area contributed by atoms with Gasteiger partial charge in [-0.25, -0.2) is 4.98 Å². The summed E-state index contributed by atoms with van der Waals surface area (Å²) in [6.45, 7) is 3.24. The normalized spacial score (nSPS) is 16.9. The lowest BCUT2D eigenvalue weighted by molar-refractivity contribution is -0.121. The maximum absolute atomic E-state index is 11.9. The van der Waals surface area contributed by atoms with E-state index in [2.05, 4.69) is 21.0 Å². The topological polar surface area (TPSA) is 54.0 Å². The zero-order valence-corrected chi connectivity index (χ0v) is 13.1. The summed E-state index contributed by atoms with van der Waals surface area (Å²) in [6.07, 6.45) is 8.31. The van der Waals surface area contributed by atoms with E-state index in [9.17, 15) is 4.79 Å². The third kappa shape index (κ3) is 5.59. The fourth-order valence-corrected chi connectivity index (χ4v) is 3.29. The molecule has 1 aliphatic carbocycles. The highest BCUT2D eigenvalue weighted by atomic mass is 32.1. The predicted molar refractivity (Wildman–Crippen MR) is 83.1 cm³/mol. The average molecular weight is 295 g/mol. The van der Waals surface area contributed by atoms with Crippen molar-refractivity contribution in [2.24, 2.45) is 0 Å². The first-order valence-electron chi connectivity index (χ1n) is 7.65. The van der Waals surface area contributed by atoms with Gasteiger partial charge in [0.05, 0.1) is 17.2 Å². The van der Waals surface area contributed by atoms with Crippen molar-refractivity contribution >= 4 is 17.2 Å². The third-order valence-corrected chi connectivity index (χ3v) is 4.55. The standard InChI is InChI=1S/C15H25N3OS/c1-12-17-14(11-20-12)8-9-16-10-15(19)18-13-6-4-2-3-5-7-13/h11,13,16H,2-10H2,1H3,(H,18,19). The van der Waals surface area contributed by atoms with E-state index in [0.29, 0.717) is 12.6 Å². The number of aromatic nitrogens is 1. The van der Waals surface area contributed by atoms with Crippen LogP contribution in [0.4, 0.5) is 0 Å². The van der Waals surface area contributed by atoms with Crippen LogP contribution in [0.25, 0.3) is 0 Å². The Morgan fingerprint density at radius 1 is 1.35 bits per heavy atom. The number of hydrogen-bond donors (Lipinski definition) is 2. The summed E-state index contributed by atoms with van der Waals surface area (Å²) in [4.78, 5) is 16.3. The molecular weight excluding hydrogens is 270 g/mol. The largest absolute Gasteiger partial charge is 0.352 e. The van der Waals surface area contributed by atoms with Gasteiger partial charge >= 0.3 is 0 Å². The van der Waals surface area contributed by atoms with Crippen molar-refractivity contribution in [2.75, 3.05) is 13.1 Å². The van der Waals surface area contributed by atoms with E-state index in [1.54, 1.807) is 11.3 Å². The Morgan fingerprint density at radius 3 is 2.75 bits per heavy atom. The molecule has 1 fully saturated rings. The highest BCUT2D eigenvalue weighted by Gasteiger charge is 2.14. The van der Waals surface area contributed by atoms with Crippen molar-refractivity contribution in [3.63, 3.8) is 0 Å². The quantitative estimate of drug-likeness (QED) is 0.626. The molecule has 0 spiro atoms. The second kappa shape index (κ2) is 8.37. The molecule has 1 amide bonds. The molecular formula is C15H25N3OS. The molecule has 0 bridgehead atoms.